The Morgan fingerprint density at radius 1 is 0.941 bits per heavy atom. The Balaban J connectivity index is 1.35. The van der Waals surface area contributed by atoms with Crippen LogP contribution >= 0.6 is 11.6 Å². The molecule has 5 rings (SSSR count). The van der Waals surface area contributed by atoms with E-state index >= 15 is 0 Å². The minimum atomic E-state index is 0.250. The third kappa shape index (κ3) is 5.61. The van der Waals surface area contributed by atoms with Crippen LogP contribution in [0.3, 0.4) is 0 Å². The van der Waals surface area contributed by atoms with Crippen molar-refractivity contribution in [3.63, 3.8) is 0 Å². The van der Waals surface area contributed by atoms with Crippen LogP contribution < -0.4 is 9.47 Å². The molecule has 174 valence electrons. The molecule has 34 heavy (non-hydrogen) atoms. The number of ether oxygens (including phenoxy) is 3. The zero-order chi connectivity index (χ0) is 23.3. The van der Waals surface area contributed by atoms with Crippen LogP contribution in [0.25, 0.3) is 16.9 Å². The Bertz CT molecular complexity index is 1210. The molecule has 0 radical (unpaired) electrons. The van der Waals surface area contributed by atoms with E-state index in [0.717, 1.165) is 65.9 Å². The molecule has 2 heterocycles. The van der Waals surface area contributed by atoms with Crippen LogP contribution in [0.2, 0.25) is 5.02 Å². The topological polar surface area (TPSA) is 48.8 Å². The molecule has 0 aliphatic carbocycles. The SMILES string of the molecule is CCCCc1nc(-c2ccc(OC[C@@H]3CO3)cc2)cn1-c1ccc(Oc2ccc(Cl)cc2)cc1. The summed E-state index contributed by atoms with van der Waals surface area (Å²) in [7, 11) is 0. The molecule has 0 saturated carbocycles. The molecule has 1 saturated heterocycles. The van der Waals surface area contributed by atoms with Gasteiger partial charge in [-0.05, 0) is 79.2 Å². The highest BCUT2D eigenvalue weighted by molar-refractivity contribution is 6.30. The summed E-state index contributed by atoms with van der Waals surface area (Å²) >= 11 is 5.96. The fourth-order valence-electron chi connectivity index (χ4n) is 3.68. The molecule has 0 bridgehead atoms. The average molecular weight is 475 g/mol. The standard InChI is InChI=1S/C28H27ClN2O3/c1-2-3-4-28-30-27(20-5-11-23(12-6-20)32-18-26-19-33-26)17-31(28)22-9-15-25(16-10-22)34-24-13-7-21(29)8-14-24/h5-17,26H,2-4,18-19H2,1H3/t26-/m1/s1. The lowest BCUT2D eigenvalue weighted by molar-refractivity contribution is 0.263. The van der Waals surface area contributed by atoms with Crippen molar-refractivity contribution in [2.24, 2.45) is 0 Å². The molecule has 1 fully saturated rings. The molecule has 0 spiro atoms. The first-order valence-electron chi connectivity index (χ1n) is 11.6. The molecule has 1 aromatic heterocycles. The number of benzene rings is 3. The first-order valence-corrected chi connectivity index (χ1v) is 12.0. The highest BCUT2D eigenvalue weighted by Gasteiger charge is 2.23. The molecule has 1 atom stereocenters. The van der Waals surface area contributed by atoms with Gasteiger partial charge >= 0.3 is 0 Å². The Kier molecular flexibility index (Phi) is 6.84. The second-order valence-electron chi connectivity index (χ2n) is 8.36. The summed E-state index contributed by atoms with van der Waals surface area (Å²) in [5, 5.41) is 0.688. The molecule has 0 amide bonds. The number of hydrogen-bond acceptors (Lipinski definition) is 4. The maximum Gasteiger partial charge on any atom is 0.127 e. The Morgan fingerprint density at radius 3 is 2.24 bits per heavy atom. The van der Waals surface area contributed by atoms with E-state index in [2.05, 4.69) is 42.0 Å². The predicted octanol–water partition coefficient (Wildman–Crippen LogP) is 7.11. The lowest BCUT2D eigenvalue weighted by atomic mass is 10.1. The number of unbranched alkanes of at least 4 members (excludes halogenated alkanes) is 1. The van der Waals surface area contributed by atoms with E-state index < -0.39 is 0 Å². The van der Waals surface area contributed by atoms with Gasteiger partial charge in [-0.2, -0.15) is 0 Å². The van der Waals surface area contributed by atoms with Crippen molar-refractivity contribution >= 4 is 11.6 Å². The average Bonchev–Trinajstić information content (AvgIpc) is 3.61. The summed E-state index contributed by atoms with van der Waals surface area (Å²) in [6.45, 7) is 3.60. The molecule has 0 unspecified atom stereocenters. The second-order valence-corrected chi connectivity index (χ2v) is 8.79. The Morgan fingerprint density at radius 2 is 1.59 bits per heavy atom. The molecule has 4 aromatic rings. The van der Waals surface area contributed by atoms with Crippen molar-refractivity contribution in [2.75, 3.05) is 13.2 Å². The summed E-state index contributed by atoms with van der Waals surface area (Å²) in [6, 6.07) is 23.5. The maximum atomic E-state index is 5.96. The van der Waals surface area contributed by atoms with Crippen LogP contribution in [-0.2, 0) is 11.2 Å². The number of nitrogens with zero attached hydrogens (tertiary/aromatic N) is 2. The number of hydrogen-bond donors (Lipinski definition) is 0. The van der Waals surface area contributed by atoms with Crippen molar-refractivity contribution in [2.45, 2.75) is 32.3 Å². The number of aryl methyl sites for hydroxylation is 1. The lowest BCUT2D eigenvalue weighted by Gasteiger charge is -2.10. The number of aromatic nitrogens is 2. The van der Waals surface area contributed by atoms with Gasteiger partial charge in [-0.3, -0.25) is 0 Å². The zero-order valence-corrected chi connectivity index (χ0v) is 19.9. The van der Waals surface area contributed by atoms with Crippen LogP contribution in [0, 0.1) is 0 Å². The molecule has 1 aliphatic rings. The number of imidazole rings is 1. The largest absolute Gasteiger partial charge is 0.491 e. The van der Waals surface area contributed by atoms with Gasteiger partial charge < -0.3 is 18.8 Å². The van der Waals surface area contributed by atoms with Crippen LogP contribution in [0.1, 0.15) is 25.6 Å². The van der Waals surface area contributed by atoms with E-state index in [0.29, 0.717) is 11.6 Å². The third-order valence-corrected chi connectivity index (χ3v) is 5.94. The fourth-order valence-corrected chi connectivity index (χ4v) is 3.81. The second kappa shape index (κ2) is 10.3. The van der Waals surface area contributed by atoms with Gasteiger partial charge in [0.05, 0.1) is 12.3 Å². The van der Waals surface area contributed by atoms with Crippen molar-refractivity contribution in [3.05, 3.63) is 89.8 Å². The van der Waals surface area contributed by atoms with E-state index in [-0.39, 0.29) is 6.10 Å². The smallest absolute Gasteiger partial charge is 0.127 e. The van der Waals surface area contributed by atoms with E-state index in [9.17, 15) is 0 Å². The summed E-state index contributed by atoms with van der Waals surface area (Å²) in [5.74, 6) is 3.42. The minimum Gasteiger partial charge on any atom is -0.491 e. The molecule has 0 N–H and O–H groups in total. The predicted molar refractivity (Wildman–Crippen MR) is 134 cm³/mol. The Hall–Kier alpha value is -3.28. The van der Waals surface area contributed by atoms with Gasteiger partial charge in [0.2, 0.25) is 0 Å². The molecule has 6 heteroatoms. The van der Waals surface area contributed by atoms with Gasteiger partial charge in [-0.25, -0.2) is 4.98 Å². The van der Waals surface area contributed by atoms with Gasteiger partial charge in [0.1, 0.15) is 35.8 Å². The summed E-state index contributed by atoms with van der Waals surface area (Å²) in [4.78, 5) is 4.97. The molecular weight excluding hydrogens is 448 g/mol. The van der Waals surface area contributed by atoms with Gasteiger partial charge in [0.15, 0.2) is 0 Å². The normalized spacial score (nSPS) is 14.7. The van der Waals surface area contributed by atoms with Crippen LogP contribution in [0.15, 0.2) is 79.0 Å². The van der Waals surface area contributed by atoms with E-state index in [4.69, 9.17) is 30.8 Å². The molecular formula is C28H27ClN2O3. The van der Waals surface area contributed by atoms with Gasteiger partial charge in [0.25, 0.3) is 0 Å². The van der Waals surface area contributed by atoms with E-state index in [1.807, 2.05) is 48.5 Å². The van der Waals surface area contributed by atoms with Gasteiger partial charge in [-0.15, -0.1) is 0 Å². The summed E-state index contributed by atoms with van der Waals surface area (Å²) in [6.07, 6.45) is 5.48. The van der Waals surface area contributed by atoms with Gasteiger partial charge in [0, 0.05) is 28.9 Å². The van der Waals surface area contributed by atoms with Crippen LogP contribution in [0.5, 0.6) is 17.2 Å². The third-order valence-electron chi connectivity index (χ3n) is 5.69. The lowest BCUT2D eigenvalue weighted by Crippen LogP contribution is -2.03. The minimum absolute atomic E-state index is 0.250. The van der Waals surface area contributed by atoms with Crippen LogP contribution in [-0.4, -0.2) is 28.9 Å². The first kappa shape index (κ1) is 22.5. The number of epoxide rings is 1. The highest BCUT2D eigenvalue weighted by atomic mass is 35.5. The maximum absolute atomic E-state index is 5.96. The van der Waals surface area contributed by atoms with Crippen molar-refractivity contribution < 1.29 is 14.2 Å². The van der Waals surface area contributed by atoms with Crippen molar-refractivity contribution in [1.29, 1.82) is 0 Å². The quantitative estimate of drug-likeness (QED) is 0.230. The van der Waals surface area contributed by atoms with E-state index in [1.165, 1.54) is 0 Å². The Labute approximate surface area is 204 Å². The van der Waals surface area contributed by atoms with Crippen molar-refractivity contribution in [1.82, 2.24) is 9.55 Å². The summed E-state index contributed by atoms with van der Waals surface area (Å²) < 4.78 is 19.1. The molecule has 5 nitrogen and oxygen atoms in total. The zero-order valence-electron chi connectivity index (χ0n) is 19.1. The highest BCUT2D eigenvalue weighted by Crippen LogP contribution is 2.28. The molecule has 3 aromatic carbocycles. The number of rotatable bonds is 10. The monoisotopic (exact) mass is 474 g/mol. The van der Waals surface area contributed by atoms with E-state index in [1.54, 1.807) is 0 Å². The van der Waals surface area contributed by atoms with Gasteiger partial charge in [-0.1, -0.05) is 24.9 Å². The summed E-state index contributed by atoms with van der Waals surface area (Å²) in [5.41, 5.74) is 3.07. The van der Waals surface area contributed by atoms with Crippen molar-refractivity contribution in [3.8, 4) is 34.2 Å². The first-order chi connectivity index (χ1) is 16.7. The number of halogens is 1. The van der Waals surface area contributed by atoms with Crippen LogP contribution in [0.4, 0.5) is 0 Å². The molecule has 1 aliphatic heterocycles. The fraction of sp³-hybridized carbons (Fsp3) is 0.250.